The minimum absolute atomic E-state index is 0.0551. The van der Waals surface area contributed by atoms with Gasteiger partial charge < -0.3 is 4.74 Å². The number of hydrogen-bond donors (Lipinski definition) is 0. The van der Waals surface area contributed by atoms with E-state index in [0.717, 1.165) is 30.4 Å². The summed E-state index contributed by atoms with van der Waals surface area (Å²) in [5, 5.41) is 0. The number of esters is 1. The highest BCUT2D eigenvalue weighted by atomic mass is 16.5. The van der Waals surface area contributed by atoms with E-state index in [-0.39, 0.29) is 30.0 Å². The fourth-order valence-electron chi connectivity index (χ4n) is 3.86. The van der Waals surface area contributed by atoms with Gasteiger partial charge in [0, 0.05) is 17.4 Å². The summed E-state index contributed by atoms with van der Waals surface area (Å²) in [6.07, 6.45) is 5.47. The molecular formula is C29H38O3. The fourth-order valence-corrected chi connectivity index (χ4v) is 3.86. The Morgan fingerprint density at radius 1 is 0.938 bits per heavy atom. The molecule has 0 fully saturated rings. The first-order chi connectivity index (χ1) is 15.3. The van der Waals surface area contributed by atoms with Gasteiger partial charge in [-0.2, -0.15) is 0 Å². The van der Waals surface area contributed by atoms with Gasteiger partial charge in [-0.15, -0.1) is 0 Å². The van der Waals surface area contributed by atoms with Crippen molar-refractivity contribution in [3.05, 3.63) is 82.9 Å². The van der Waals surface area contributed by atoms with E-state index in [0.29, 0.717) is 18.1 Å². The van der Waals surface area contributed by atoms with Gasteiger partial charge in [0.2, 0.25) is 0 Å². The largest absolute Gasteiger partial charge is 0.466 e. The zero-order valence-electron chi connectivity index (χ0n) is 20.3. The third-order valence-corrected chi connectivity index (χ3v) is 6.05. The predicted octanol–water partition coefficient (Wildman–Crippen LogP) is 7.30. The van der Waals surface area contributed by atoms with Crippen molar-refractivity contribution in [3.63, 3.8) is 0 Å². The van der Waals surface area contributed by atoms with Crippen molar-refractivity contribution in [2.75, 3.05) is 6.61 Å². The molecule has 0 amide bonds. The van der Waals surface area contributed by atoms with E-state index in [1.165, 1.54) is 5.57 Å². The molecule has 2 aromatic carbocycles. The lowest BCUT2D eigenvalue weighted by Crippen LogP contribution is -2.23. The Hall–Kier alpha value is -2.68. The topological polar surface area (TPSA) is 43.4 Å². The van der Waals surface area contributed by atoms with Gasteiger partial charge in [-0.1, -0.05) is 85.7 Å². The van der Waals surface area contributed by atoms with Crippen LogP contribution in [0.4, 0.5) is 0 Å². The lowest BCUT2D eigenvalue weighted by molar-refractivity contribution is -0.144. The van der Waals surface area contributed by atoms with Gasteiger partial charge in [0.05, 0.1) is 13.0 Å². The average Bonchev–Trinajstić information content (AvgIpc) is 2.77. The molecule has 0 aliphatic rings. The highest BCUT2D eigenvalue weighted by molar-refractivity contribution is 5.98. The molecule has 2 aromatic rings. The average molecular weight is 435 g/mol. The number of Topliss-reactive ketones (excluding diaryl/α,β-unsaturated/α-hetero) is 1. The van der Waals surface area contributed by atoms with E-state index in [1.807, 2.05) is 68.4 Å². The van der Waals surface area contributed by atoms with E-state index in [4.69, 9.17) is 4.74 Å². The van der Waals surface area contributed by atoms with Crippen LogP contribution in [0.2, 0.25) is 0 Å². The summed E-state index contributed by atoms with van der Waals surface area (Å²) in [6, 6.07) is 17.5. The van der Waals surface area contributed by atoms with E-state index >= 15 is 0 Å². The van der Waals surface area contributed by atoms with Crippen LogP contribution < -0.4 is 0 Å². The van der Waals surface area contributed by atoms with Crippen LogP contribution in [0.25, 0.3) is 0 Å². The second-order valence-corrected chi connectivity index (χ2v) is 9.21. The third kappa shape index (κ3) is 8.45. The minimum Gasteiger partial charge on any atom is -0.466 e. The number of ether oxygens (including phenoxy) is 1. The summed E-state index contributed by atoms with van der Waals surface area (Å²) < 4.78 is 5.58. The molecule has 0 saturated heterocycles. The van der Waals surface area contributed by atoms with Crippen LogP contribution in [0, 0.1) is 18.8 Å². The molecule has 0 aliphatic heterocycles. The number of ketones is 1. The highest BCUT2D eigenvalue weighted by Crippen LogP contribution is 2.31. The molecule has 0 aliphatic carbocycles. The summed E-state index contributed by atoms with van der Waals surface area (Å²) in [6.45, 7) is 10.8. The first-order valence-corrected chi connectivity index (χ1v) is 11.7. The lowest BCUT2D eigenvalue weighted by atomic mass is 9.80. The highest BCUT2D eigenvalue weighted by Gasteiger charge is 2.29. The van der Waals surface area contributed by atoms with Crippen LogP contribution in [-0.4, -0.2) is 18.4 Å². The molecule has 2 rings (SSSR count). The second-order valence-electron chi connectivity index (χ2n) is 9.21. The van der Waals surface area contributed by atoms with Crippen LogP contribution >= 0.6 is 0 Å². The molecule has 0 heterocycles. The van der Waals surface area contributed by atoms with Crippen LogP contribution in [0.1, 0.15) is 80.8 Å². The van der Waals surface area contributed by atoms with Gasteiger partial charge in [-0.05, 0) is 51.5 Å². The summed E-state index contributed by atoms with van der Waals surface area (Å²) in [7, 11) is 0. The maximum absolute atomic E-state index is 13.1. The molecule has 0 bridgehead atoms. The molecule has 3 atom stereocenters. The van der Waals surface area contributed by atoms with Gasteiger partial charge in [0.1, 0.15) is 0 Å². The minimum atomic E-state index is -0.323. The Kier molecular flexibility index (Phi) is 10.4. The molecule has 0 spiro atoms. The molecule has 172 valence electrons. The summed E-state index contributed by atoms with van der Waals surface area (Å²) in [4.78, 5) is 25.8. The van der Waals surface area contributed by atoms with E-state index in [2.05, 4.69) is 26.8 Å². The van der Waals surface area contributed by atoms with Crippen molar-refractivity contribution in [2.24, 2.45) is 11.8 Å². The number of aryl methyl sites for hydroxylation is 1. The maximum Gasteiger partial charge on any atom is 0.306 e. The number of benzene rings is 2. The Balaban J connectivity index is 1.98. The van der Waals surface area contributed by atoms with E-state index in [9.17, 15) is 9.59 Å². The number of allylic oxidation sites excluding steroid dienone is 2. The standard InChI is InChI=1S/C29H38O3/c1-21(2)10-9-11-22(3)18-19-32-28(30)20-27(25-12-7-6-8-13-25)24(5)29(31)26-16-14-23(4)15-17-26/h6-8,10,12-17,22,24,27H,9,11,18-20H2,1-5H3. The van der Waals surface area contributed by atoms with Gasteiger partial charge in [-0.3, -0.25) is 9.59 Å². The molecule has 0 aromatic heterocycles. The Labute approximate surface area is 193 Å². The third-order valence-electron chi connectivity index (χ3n) is 6.05. The van der Waals surface area contributed by atoms with Crippen LogP contribution in [0.3, 0.4) is 0 Å². The predicted molar refractivity (Wildman–Crippen MR) is 132 cm³/mol. The monoisotopic (exact) mass is 434 g/mol. The quantitative estimate of drug-likeness (QED) is 0.200. The second kappa shape index (κ2) is 13.0. The Morgan fingerprint density at radius 3 is 2.22 bits per heavy atom. The maximum atomic E-state index is 13.1. The van der Waals surface area contributed by atoms with Crippen molar-refractivity contribution < 1.29 is 14.3 Å². The van der Waals surface area contributed by atoms with Crippen molar-refractivity contribution in [1.29, 1.82) is 0 Å². The summed E-state index contributed by atoms with van der Waals surface area (Å²) in [5.74, 6) is -0.216. The number of hydrogen-bond acceptors (Lipinski definition) is 3. The van der Waals surface area contributed by atoms with Gasteiger partial charge in [0.25, 0.3) is 0 Å². The first-order valence-electron chi connectivity index (χ1n) is 11.7. The summed E-state index contributed by atoms with van der Waals surface area (Å²) >= 11 is 0. The van der Waals surface area contributed by atoms with Crippen molar-refractivity contribution in [2.45, 2.75) is 66.2 Å². The smallest absolute Gasteiger partial charge is 0.306 e. The molecule has 32 heavy (non-hydrogen) atoms. The normalized spacial score (nSPS) is 13.7. The van der Waals surface area contributed by atoms with Crippen molar-refractivity contribution in [3.8, 4) is 0 Å². The van der Waals surface area contributed by atoms with Crippen LogP contribution in [-0.2, 0) is 9.53 Å². The zero-order chi connectivity index (χ0) is 23.5. The van der Waals surface area contributed by atoms with Gasteiger partial charge >= 0.3 is 5.97 Å². The zero-order valence-corrected chi connectivity index (χ0v) is 20.3. The molecule has 0 saturated carbocycles. The van der Waals surface area contributed by atoms with Crippen LogP contribution in [0.5, 0.6) is 0 Å². The SMILES string of the molecule is CC(C)=CCCC(C)CCOC(=O)CC(c1ccccc1)C(C)C(=O)c1ccc(C)cc1. The number of carbonyl (C=O) groups excluding carboxylic acids is 2. The van der Waals surface area contributed by atoms with E-state index < -0.39 is 0 Å². The lowest BCUT2D eigenvalue weighted by Gasteiger charge is -2.23. The molecule has 0 radical (unpaired) electrons. The first kappa shape index (κ1) is 25.6. The Bertz CT molecular complexity index is 876. The van der Waals surface area contributed by atoms with E-state index in [1.54, 1.807) is 0 Å². The molecular weight excluding hydrogens is 396 g/mol. The van der Waals surface area contributed by atoms with Crippen molar-refractivity contribution in [1.82, 2.24) is 0 Å². The Morgan fingerprint density at radius 2 is 1.59 bits per heavy atom. The van der Waals surface area contributed by atoms with Gasteiger partial charge in [-0.25, -0.2) is 0 Å². The van der Waals surface area contributed by atoms with Crippen molar-refractivity contribution >= 4 is 11.8 Å². The number of carbonyl (C=O) groups is 2. The molecule has 3 unspecified atom stereocenters. The molecule has 0 N–H and O–H groups in total. The van der Waals surface area contributed by atoms with Gasteiger partial charge in [0.15, 0.2) is 5.78 Å². The number of rotatable bonds is 12. The fraction of sp³-hybridized carbons (Fsp3) is 0.448. The summed E-state index contributed by atoms with van der Waals surface area (Å²) in [5.41, 5.74) is 4.13. The van der Waals surface area contributed by atoms with Crippen LogP contribution in [0.15, 0.2) is 66.2 Å². The molecule has 3 nitrogen and oxygen atoms in total. The molecule has 3 heteroatoms.